The number of aryl methyl sites for hydroxylation is 1. The van der Waals surface area contributed by atoms with Gasteiger partial charge in [-0.3, -0.25) is 4.79 Å². The highest BCUT2D eigenvalue weighted by molar-refractivity contribution is 5.92. The average Bonchev–Trinajstić information content (AvgIpc) is 3.16. The molecule has 33 heavy (non-hydrogen) atoms. The summed E-state index contributed by atoms with van der Waals surface area (Å²) in [5.41, 5.74) is 3.45. The third-order valence-corrected chi connectivity index (χ3v) is 6.03. The molecule has 1 fully saturated rings. The minimum Gasteiger partial charge on any atom is -0.495 e. The number of methoxy groups -OCH3 is 1. The van der Waals surface area contributed by atoms with Gasteiger partial charge in [-0.2, -0.15) is 0 Å². The first-order valence-corrected chi connectivity index (χ1v) is 11.0. The second-order valence-electron chi connectivity index (χ2n) is 8.34. The van der Waals surface area contributed by atoms with Gasteiger partial charge in [0.25, 0.3) is 0 Å². The van der Waals surface area contributed by atoms with Crippen LogP contribution in [0.1, 0.15) is 35.6 Å². The van der Waals surface area contributed by atoms with Crippen LogP contribution in [-0.2, 0) is 4.79 Å². The quantitative estimate of drug-likeness (QED) is 0.596. The van der Waals surface area contributed by atoms with Crippen LogP contribution in [0.15, 0.2) is 61.1 Å². The summed E-state index contributed by atoms with van der Waals surface area (Å²) in [5, 5.41) is 10.6. The Morgan fingerprint density at radius 2 is 2.03 bits per heavy atom. The molecule has 0 radical (unpaired) electrons. The molecular weight excluding hydrogens is 421 g/mol. The van der Waals surface area contributed by atoms with Gasteiger partial charge in [-0.15, -0.1) is 0 Å². The number of halogens is 1. The molecule has 0 bridgehead atoms. The number of aliphatic hydroxyl groups excluding tert-OH is 1. The van der Waals surface area contributed by atoms with E-state index in [0.717, 1.165) is 22.5 Å². The molecule has 1 aromatic heterocycles. The van der Waals surface area contributed by atoms with Crippen LogP contribution < -0.4 is 4.74 Å². The van der Waals surface area contributed by atoms with Crippen LogP contribution in [0, 0.1) is 12.7 Å². The van der Waals surface area contributed by atoms with Crippen molar-refractivity contribution >= 4 is 12.0 Å². The highest BCUT2D eigenvalue weighted by Gasteiger charge is 2.28. The second-order valence-corrected chi connectivity index (χ2v) is 8.34. The number of aromatic nitrogens is 2. The molecule has 3 aromatic rings. The molecule has 0 spiro atoms. The largest absolute Gasteiger partial charge is 0.495 e. The van der Waals surface area contributed by atoms with Gasteiger partial charge in [0.05, 0.1) is 30.9 Å². The van der Waals surface area contributed by atoms with E-state index in [1.807, 2.05) is 35.9 Å². The minimum absolute atomic E-state index is 0.121. The van der Waals surface area contributed by atoms with Gasteiger partial charge in [0.15, 0.2) is 0 Å². The van der Waals surface area contributed by atoms with E-state index in [-0.39, 0.29) is 17.6 Å². The zero-order chi connectivity index (χ0) is 23.4. The maximum Gasteiger partial charge on any atom is 0.246 e. The van der Waals surface area contributed by atoms with Gasteiger partial charge in [0.2, 0.25) is 5.91 Å². The number of hydrogen-bond donors (Lipinski definition) is 1. The van der Waals surface area contributed by atoms with Crippen molar-refractivity contribution in [1.82, 2.24) is 14.5 Å². The molecule has 1 amide bonds. The van der Waals surface area contributed by atoms with Crippen molar-refractivity contribution in [1.29, 1.82) is 0 Å². The molecule has 0 saturated carbocycles. The number of nitrogens with zero attached hydrogens (tertiary/aromatic N) is 3. The van der Waals surface area contributed by atoms with Gasteiger partial charge in [0.1, 0.15) is 11.6 Å². The molecular formula is C26H28FN3O3. The van der Waals surface area contributed by atoms with E-state index in [2.05, 4.69) is 4.98 Å². The number of likely N-dealkylation sites (tertiary alicyclic amines) is 1. The molecule has 0 aliphatic carbocycles. The summed E-state index contributed by atoms with van der Waals surface area (Å²) in [6.07, 6.45) is 7.71. The molecule has 2 aromatic carbocycles. The fraction of sp³-hybridized carbons (Fsp3) is 0.308. The Morgan fingerprint density at radius 1 is 1.24 bits per heavy atom. The first-order chi connectivity index (χ1) is 15.9. The number of hydrogen-bond acceptors (Lipinski definition) is 4. The fourth-order valence-corrected chi connectivity index (χ4v) is 4.22. The zero-order valence-electron chi connectivity index (χ0n) is 18.8. The first-order valence-electron chi connectivity index (χ1n) is 11.0. The topological polar surface area (TPSA) is 67.6 Å². The van der Waals surface area contributed by atoms with Gasteiger partial charge in [0, 0.05) is 31.3 Å². The molecule has 6 nitrogen and oxygen atoms in total. The van der Waals surface area contributed by atoms with E-state index >= 15 is 0 Å². The third kappa shape index (κ3) is 5.31. The molecule has 1 N–H and O–H groups in total. The summed E-state index contributed by atoms with van der Waals surface area (Å²) in [5.74, 6) is -0.00781. The predicted molar refractivity (Wildman–Crippen MR) is 125 cm³/mol. The Labute approximate surface area is 192 Å². The molecule has 1 aliphatic rings. The Morgan fingerprint density at radius 3 is 2.73 bits per heavy atom. The van der Waals surface area contributed by atoms with Crippen LogP contribution >= 0.6 is 0 Å². The normalized spacial score (nSPS) is 19.0. The highest BCUT2D eigenvalue weighted by atomic mass is 19.1. The van der Waals surface area contributed by atoms with Crippen LogP contribution in [0.2, 0.25) is 0 Å². The molecule has 1 aliphatic heterocycles. The van der Waals surface area contributed by atoms with Crippen molar-refractivity contribution in [3.05, 3.63) is 83.7 Å². The lowest BCUT2D eigenvalue weighted by Crippen LogP contribution is -2.34. The zero-order valence-corrected chi connectivity index (χ0v) is 18.8. The monoisotopic (exact) mass is 449 g/mol. The van der Waals surface area contributed by atoms with Gasteiger partial charge in [-0.05, 0) is 61.2 Å². The number of ether oxygens (including phenoxy) is 1. The van der Waals surface area contributed by atoms with Crippen LogP contribution in [-0.4, -0.2) is 51.8 Å². The molecule has 7 heteroatoms. The maximum absolute atomic E-state index is 13.3. The van der Waals surface area contributed by atoms with Crippen molar-refractivity contribution in [2.45, 2.75) is 31.8 Å². The predicted octanol–water partition coefficient (Wildman–Crippen LogP) is 4.11. The lowest BCUT2D eigenvalue weighted by atomic mass is 9.91. The van der Waals surface area contributed by atoms with E-state index in [4.69, 9.17) is 4.74 Å². The Hall–Kier alpha value is -3.45. The Balaban J connectivity index is 1.49. The second kappa shape index (κ2) is 10.0. The summed E-state index contributed by atoms with van der Waals surface area (Å²) in [4.78, 5) is 19.0. The van der Waals surface area contributed by atoms with Crippen LogP contribution in [0.4, 0.5) is 4.39 Å². The van der Waals surface area contributed by atoms with Crippen molar-refractivity contribution in [3.63, 3.8) is 0 Å². The number of rotatable bonds is 5. The minimum atomic E-state index is -0.569. The number of carbonyl (C=O) groups is 1. The van der Waals surface area contributed by atoms with Crippen LogP contribution in [0.3, 0.4) is 0 Å². The van der Waals surface area contributed by atoms with Gasteiger partial charge >= 0.3 is 0 Å². The number of carbonyl (C=O) groups excluding carboxylic acids is 1. The summed E-state index contributed by atoms with van der Waals surface area (Å²) in [7, 11) is 1.61. The van der Waals surface area contributed by atoms with Gasteiger partial charge in [-0.1, -0.05) is 18.2 Å². The van der Waals surface area contributed by atoms with E-state index in [1.54, 1.807) is 42.6 Å². The summed E-state index contributed by atoms with van der Waals surface area (Å²) < 4.78 is 20.8. The molecule has 2 atom stereocenters. The van der Waals surface area contributed by atoms with Crippen molar-refractivity contribution < 1.29 is 19.0 Å². The lowest BCUT2D eigenvalue weighted by molar-refractivity contribution is -0.126. The fourth-order valence-electron chi connectivity index (χ4n) is 4.22. The smallest absolute Gasteiger partial charge is 0.246 e. The van der Waals surface area contributed by atoms with Crippen LogP contribution in [0.25, 0.3) is 11.8 Å². The standard InChI is InChI=1S/C26H28FN3O3/c1-18-15-30(17-28-18)23-11-5-19(14-25(23)33-2)6-12-26(32)29-13-3-4-24(31)22(16-29)20-7-9-21(27)10-8-20/h5-12,14-15,17,22,24,31H,3-4,13,16H2,1-2H3. The Bertz CT molecular complexity index is 1140. The molecule has 2 heterocycles. The maximum atomic E-state index is 13.3. The number of imidazole rings is 1. The molecule has 4 rings (SSSR count). The summed E-state index contributed by atoms with van der Waals surface area (Å²) >= 11 is 0. The summed E-state index contributed by atoms with van der Waals surface area (Å²) in [6.45, 7) is 2.88. The highest BCUT2D eigenvalue weighted by Crippen LogP contribution is 2.28. The van der Waals surface area contributed by atoms with E-state index in [1.165, 1.54) is 12.1 Å². The molecule has 1 saturated heterocycles. The Kier molecular flexibility index (Phi) is 6.89. The summed E-state index contributed by atoms with van der Waals surface area (Å²) in [6, 6.07) is 11.9. The van der Waals surface area contributed by atoms with Gasteiger partial charge in [-0.25, -0.2) is 9.37 Å². The number of benzene rings is 2. The molecule has 172 valence electrons. The number of aliphatic hydroxyl groups is 1. The van der Waals surface area contributed by atoms with E-state index in [0.29, 0.717) is 31.7 Å². The van der Waals surface area contributed by atoms with E-state index in [9.17, 15) is 14.3 Å². The molecule has 2 unspecified atom stereocenters. The van der Waals surface area contributed by atoms with Gasteiger partial charge < -0.3 is 19.3 Å². The number of amides is 1. The van der Waals surface area contributed by atoms with E-state index < -0.39 is 6.10 Å². The third-order valence-electron chi connectivity index (χ3n) is 6.03. The first kappa shape index (κ1) is 22.7. The van der Waals surface area contributed by atoms with Crippen LogP contribution in [0.5, 0.6) is 5.75 Å². The van der Waals surface area contributed by atoms with Crippen molar-refractivity contribution in [3.8, 4) is 11.4 Å². The van der Waals surface area contributed by atoms with Crippen molar-refractivity contribution in [2.75, 3.05) is 20.2 Å². The van der Waals surface area contributed by atoms with Crippen molar-refractivity contribution in [2.24, 2.45) is 0 Å². The SMILES string of the molecule is COc1cc(C=CC(=O)N2CCCC(O)C(c3ccc(F)cc3)C2)ccc1-n1cnc(C)c1. The average molecular weight is 450 g/mol. The lowest BCUT2D eigenvalue weighted by Gasteiger charge is -2.26.